The van der Waals surface area contributed by atoms with E-state index in [0.717, 1.165) is 0 Å². The van der Waals surface area contributed by atoms with Crippen molar-refractivity contribution in [2.75, 3.05) is 0 Å². The molecule has 1 unspecified atom stereocenters. The summed E-state index contributed by atoms with van der Waals surface area (Å²) >= 11 is 0. The fourth-order valence-corrected chi connectivity index (χ4v) is 1.92. The van der Waals surface area contributed by atoms with E-state index in [2.05, 4.69) is 26.1 Å². The van der Waals surface area contributed by atoms with Crippen LogP contribution in [-0.4, -0.2) is 17.1 Å². The Labute approximate surface area is 119 Å². The third-order valence-corrected chi connectivity index (χ3v) is 4.98. The molecule has 0 saturated heterocycles. The Morgan fingerprint density at radius 3 is 1.95 bits per heavy atom. The third-order valence-electron chi connectivity index (χ3n) is 4.98. The number of hydrogen-bond donors (Lipinski definition) is 2. The Hall–Kier alpha value is -0.570. The number of carbonyl (C=O) groups is 1. The fraction of sp³-hybridized carbons (Fsp3) is 0.812. The Morgan fingerprint density at radius 2 is 1.68 bits per heavy atom. The summed E-state index contributed by atoms with van der Waals surface area (Å²) in [6.07, 6.45) is 0.00820. The average molecular weight is 269 g/mol. The molecule has 0 spiro atoms. The van der Waals surface area contributed by atoms with E-state index in [0.29, 0.717) is 12.5 Å². The number of aliphatic hydroxyl groups excluding tert-OH is 1. The summed E-state index contributed by atoms with van der Waals surface area (Å²) in [7, 11) is 0. The quantitative estimate of drug-likeness (QED) is 0.727. The first kappa shape index (κ1) is 18.4. The largest absolute Gasteiger partial charge is 0.500 e. The Kier molecular flexibility index (Phi) is 5.65. The van der Waals surface area contributed by atoms with Gasteiger partial charge in [-0.15, -0.1) is 0 Å². The molecule has 114 valence electrons. The van der Waals surface area contributed by atoms with Gasteiger partial charge in [0.2, 0.25) is 0 Å². The highest BCUT2D eigenvalue weighted by atomic mass is 16.3. The molecular formula is C16H31NO2-2. The first-order chi connectivity index (χ1) is 8.29. The van der Waals surface area contributed by atoms with Crippen molar-refractivity contribution in [1.82, 2.24) is 5.32 Å². The van der Waals surface area contributed by atoms with Gasteiger partial charge < -0.3 is 17.3 Å². The lowest BCUT2D eigenvalue weighted by molar-refractivity contribution is -0.140. The van der Waals surface area contributed by atoms with Crippen LogP contribution in [0.15, 0.2) is 0 Å². The molecule has 0 rings (SSSR count). The number of hydrogen-bond acceptors (Lipinski definition) is 2. The van der Waals surface area contributed by atoms with Crippen LogP contribution in [0.3, 0.4) is 0 Å². The van der Waals surface area contributed by atoms with Gasteiger partial charge in [0.05, 0.1) is 0 Å². The smallest absolute Gasteiger partial charge is 0.197 e. The van der Waals surface area contributed by atoms with Crippen LogP contribution in [0.1, 0.15) is 61.8 Å². The molecule has 0 aliphatic heterocycles. The van der Waals surface area contributed by atoms with Crippen LogP contribution in [0.4, 0.5) is 0 Å². The number of rotatable bonds is 6. The molecule has 3 nitrogen and oxygen atoms in total. The highest BCUT2D eigenvalue weighted by Crippen LogP contribution is 2.51. The normalized spacial score (nSPS) is 15.5. The van der Waals surface area contributed by atoms with Crippen LogP contribution in [-0.2, 0) is 4.79 Å². The maximum atomic E-state index is 12.6. The van der Waals surface area contributed by atoms with E-state index in [4.69, 9.17) is 0 Å². The summed E-state index contributed by atoms with van der Waals surface area (Å²) in [4.78, 5) is 12.6. The van der Waals surface area contributed by atoms with Crippen LogP contribution in [0.5, 0.6) is 0 Å². The maximum Gasteiger partial charge on any atom is 0.197 e. The lowest BCUT2D eigenvalue weighted by atomic mass is 9.55. The molecule has 0 aliphatic rings. The molecule has 0 heterocycles. The van der Waals surface area contributed by atoms with E-state index in [1.54, 1.807) is 6.92 Å². The molecule has 0 aromatic rings. The van der Waals surface area contributed by atoms with Gasteiger partial charge in [0.15, 0.2) is 5.91 Å². The molecule has 19 heavy (non-hydrogen) atoms. The molecule has 0 fully saturated rings. The summed E-state index contributed by atoms with van der Waals surface area (Å²) in [5.41, 5.74) is -1.12. The minimum Gasteiger partial charge on any atom is -0.500 e. The lowest BCUT2D eigenvalue weighted by Gasteiger charge is -2.55. The molecule has 1 amide bonds. The Bertz CT molecular complexity index is 311. The fourth-order valence-electron chi connectivity index (χ4n) is 1.92. The van der Waals surface area contributed by atoms with Gasteiger partial charge in [-0.3, -0.25) is 4.79 Å². The molecule has 0 aromatic heterocycles. The van der Waals surface area contributed by atoms with Gasteiger partial charge >= 0.3 is 0 Å². The van der Waals surface area contributed by atoms with Crippen LogP contribution in [0.2, 0.25) is 0 Å². The Balaban J connectivity index is 5.17. The molecule has 0 bridgehead atoms. The molecule has 0 aromatic carbocycles. The number of aliphatic hydroxyl groups is 1. The first-order valence-corrected chi connectivity index (χ1v) is 6.99. The van der Waals surface area contributed by atoms with E-state index in [1.807, 2.05) is 34.6 Å². The van der Waals surface area contributed by atoms with Crippen molar-refractivity contribution in [2.45, 2.75) is 67.9 Å². The zero-order valence-corrected chi connectivity index (χ0v) is 13.8. The highest BCUT2D eigenvalue weighted by Gasteiger charge is 2.46. The number of carbonyl (C=O) groups excluding carboxylic acids is 1. The molecule has 1 atom stereocenters. The molecule has 0 radical (unpaired) electrons. The van der Waals surface area contributed by atoms with Crippen molar-refractivity contribution in [1.29, 1.82) is 0 Å². The summed E-state index contributed by atoms with van der Waals surface area (Å²) in [5.74, 6) is -0.0630. The van der Waals surface area contributed by atoms with E-state index in [9.17, 15) is 9.90 Å². The second-order valence-corrected chi connectivity index (χ2v) is 7.14. The zero-order valence-electron chi connectivity index (χ0n) is 13.8. The molecular weight excluding hydrogens is 238 g/mol. The van der Waals surface area contributed by atoms with Gasteiger partial charge in [-0.25, -0.2) is 0 Å². The lowest BCUT2D eigenvalue weighted by Crippen LogP contribution is -2.53. The number of amides is 1. The minimum absolute atomic E-state index is 0.0630. The average Bonchev–Trinajstić information content (AvgIpc) is 2.22. The monoisotopic (exact) mass is 269 g/mol. The van der Waals surface area contributed by atoms with Crippen molar-refractivity contribution < 1.29 is 9.90 Å². The second-order valence-electron chi connectivity index (χ2n) is 7.14. The molecule has 0 aliphatic carbocycles. The summed E-state index contributed by atoms with van der Waals surface area (Å²) in [6, 6.07) is 0.663. The van der Waals surface area contributed by atoms with E-state index < -0.39 is 11.5 Å². The van der Waals surface area contributed by atoms with Crippen LogP contribution in [0.25, 0.3) is 0 Å². The topological polar surface area (TPSA) is 49.3 Å². The standard InChI is InChI=1S/C16H31NO2/c1-10-12(11(2)18)17-13(19)15(6,7)16(8,9)14(3,4)5/h11,18H,3,10H2,1-2,4-9H3,(H,17,19)/q-2. The van der Waals surface area contributed by atoms with Crippen LogP contribution in [0, 0.1) is 29.2 Å². The van der Waals surface area contributed by atoms with Crippen molar-refractivity contribution >= 4 is 5.91 Å². The second kappa shape index (κ2) is 5.82. The molecule has 0 saturated carbocycles. The summed E-state index contributed by atoms with van der Waals surface area (Å²) in [6.45, 7) is 19.9. The molecule has 3 heteroatoms. The van der Waals surface area contributed by atoms with Crippen LogP contribution >= 0.6 is 0 Å². The van der Waals surface area contributed by atoms with Gasteiger partial charge in [0.25, 0.3) is 0 Å². The van der Waals surface area contributed by atoms with Crippen molar-refractivity contribution in [3.05, 3.63) is 13.0 Å². The van der Waals surface area contributed by atoms with E-state index in [1.165, 1.54) is 0 Å². The van der Waals surface area contributed by atoms with Crippen molar-refractivity contribution in [3.8, 4) is 0 Å². The van der Waals surface area contributed by atoms with Gasteiger partial charge in [-0.05, 0) is 5.41 Å². The zero-order chi connectivity index (χ0) is 15.6. The minimum atomic E-state index is -0.624. The van der Waals surface area contributed by atoms with E-state index in [-0.39, 0.29) is 16.7 Å². The first-order valence-electron chi connectivity index (χ1n) is 6.99. The van der Waals surface area contributed by atoms with Gasteiger partial charge in [0, 0.05) is 5.41 Å². The summed E-state index contributed by atoms with van der Waals surface area (Å²) in [5, 5.41) is 12.5. The van der Waals surface area contributed by atoms with Gasteiger partial charge in [-0.2, -0.15) is 17.9 Å². The maximum absolute atomic E-state index is 12.6. The predicted octanol–water partition coefficient (Wildman–Crippen LogP) is 3.34. The Morgan fingerprint density at radius 1 is 1.26 bits per heavy atom. The van der Waals surface area contributed by atoms with Gasteiger partial charge in [-0.1, -0.05) is 61.5 Å². The van der Waals surface area contributed by atoms with Crippen molar-refractivity contribution in [2.24, 2.45) is 16.2 Å². The predicted molar refractivity (Wildman–Crippen MR) is 80.1 cm³/mol. The third kappa shape index (κ3) is 3.71. The molecule has 2 N–H and O–H groups in total. The van der Waals surface area contributed by atoms with Gasteiger partial charge in [0.1, 0.15) is 0 Å². The number of nitrogens with one attached hydrogen (secondary N) is 1. The van der Waals surface area contributed by atoms with Crippen molar-refractivity contribution in [3.63, 3.8) is 0 Å². The summed E-state index contributed by atoms with van der Waals surface area (Å²) < 4.78 is 0. The van der Waals surface area contributed by atoms with Crippen LogP contribution < -0.4 is 5.32 Å². The SMILES string of the molecule is [CH2-]C(C)(C)C(C)(C)C(C)(C)C(=O)N[C-](CC)C(C)O. The highest BCUT2D eigenvalue weighted by molar-refractivity contribution is 5.84. The van der Waals surface area contributed by atoms with E-state index >= 15 is 0 Å².